The van der Waals surface area contributed by atoms with E-state index in [0.717, 1.165) is 6.42 Å². The topological polar surface area (TPSA) is 12.9 Å². The Labute approximate surface area is 138 Å². The van der Waals surface area contributed by atoms with E-state index in [2.05, 4.69) is 24.2 Å². The van der Waals surface area contributed by atoms with Crippen molar-refractivity contribution in [2.45, 2.75) is 27.2 Å². The van der Waals surface area contributed by atoms with E-state index in [1.165, 1.54) is 5.56 Å². The van der Waals surface area contributed by atoms with Crippen LogP contribution in [0.5, 0.6) is 0 Å². The van der Waals surface area contributed by atoms with Crippen molar-refractivity contribution in [1.82, 2.24) is 4.98 Å². The Morgan fingerprint density at radius 2 is 2.00 bits per heavy atom. The van der Waals surface area contributed by atoms with Gasteiger partial charge >= 0.3 is 58.2 Å². The molecular weight excluding hydrogens is 394 g/mol. The summed E-state index contributed by atoms with van der Waals surface area (Å²) in [6, 6.07) is 4.82. The predicted octanol–water partition coefficient (Wildman–Crippen LogP) is -0.728. The molecule has 0 aliphatic rings. The van der Waals surface area contributed by atoms with Gasteiger partial charge in [0.25, 0.3) is 0 Å². The third-order valence-corrected chi connectivity index (χ3v) is 1.01. The predicted molar refractivity (Wildman–Crippen MR) is 42.6 cm³/mol. The standard InChI is InChI=1S/C7H7N.C2H6.Rb.Re/c1-2-7-3-5-8-6-4-7;1-2;;/h3,6H,2H2,1H3;1-2H3;;/q-2;;+1;. The van der Waals surface area contributed by atoms with E-state index in [1.807, 2.05) is 19.9 Å². The van der Waals surface area contributed by atoms with Gasteiger partial charge in [-0.15, -0.1) is 6.42 Å². The summed E-state index contributed by atoms with van der Waals surface area (Å²) >= 11 is 0. The van der Waals surface area contributed by atoms with Crippen LogP contribution in [0.25, 0.3) is 0 Å². The molecule has 1 aromatic heterocycles. The van der Waals surface area contributed by atoms with Crippen molar-refractivity contribution in [3.8, 4) is 0 Å². The maximum atomic E-state index is 3.71. The molecule has 0 amide bonds. The molecule has 0 unspecified atom stereocenters. The molecule has 0 aliphatic heterocycles. The SMILES string of the molecule is CC.CCc1[c-]cn[c-]c1.[Rb+].[Re]. The van der Waals surface area contributed by atoms with Crippen LogP contribution in [0.15, 0.2) is 12.3 Å². The Bertz CT molecular complexity index is 156. The Morgan fingerprint density at radius 1 is 1.42 bits per heavy atom. The van der Waals surface area contributed by atoms with Crippen molar-refractivity contribution in [3.63, 3.8) is 0 Å². The molecule has 1 heterocycles. The summed E-state index contributed by atoms with van der Waals surface area (Å²) in [6.45, 7) is 6.08. The number of hydrogen-bond acceptors (Lipinski definition) is 1. The summed E-state index contributed by atoms with van der Waals surface area (Å²) < 4.78 is 0. The van der Waals surface area contributed by atoms with Gasteiger partial charge in [-0.05, 0) is 0 Å². The van der Waals surface area contributed by atoms with Crippen LogP contribution in [-0.2, 0) is 26.8 Å². The van der Waals surface area contributed by atoms with Gasteiger partial charge in [0.1, 0.15) is 0 Å². The van der Waals surface area contributed by atoms with Crippen molar-refractivity contribution in [3.05, 3.63) is 30.1 Å². The Morgan fingerprint density at radius 3 is 2.25 bits per heavy atom. The first kappa shape index (κ1) is 19.2. The van der Waals surface area contributed by atoms with Crippen molar-refractivity contribution in [2.24, 2.45) is 0 Å². The van der Waals surface area contributed by atoms with Gasteiger partial charge in [0, 0.05) is 20.4 Å². The van der Waals surface area contributed by atoms with Crippen molar-refractivity contribution in [2.75, 3.05) is 0 Å². The average Bonchev–Trinajstić information content (AvgIpc) is 2.10. The normalized spacial score (nSPS) is 6.58. The van der Waals surface area contributed by atoms with Crippen LogP contribution in [0.2, 0.25) is 0 Å². The molecule has 1 aromatic rings. The van der Waals surface area contributed by atoms with Crippen molar-refractivity contribution in [1.29, 1.82) is 0 Å². The number of nitrogens with zero attached hydrogens (tertiary/aromatic N) is 1. The second kappa shape index (κ2) is 15.1. The fourth-order valence-electron chi connectivity index (χ4n) is 0.513. The number of aryl methyl sites for hydroxylation is 1. The van der Waals surface area contributed by atoms with E-state index < -0.39 is 0 Å². The monoisotopic (exact) mass is 407 g/mol. The van der Waals surface area contributed by atoms with E-state index in [-0.39, 0.29) is 78.6 Å². The van der Waals surface area contributed by atoms with Crippen molar-refractivity contribution >= 4 is 0 Å². The molecule has 0 bridgehead atoms. The smallest absolute Gasteiger partial charge is 0.434 e. The number of hydrogen-bond donors (Lipinski definition) is 0. The van der Waals surface area contributed by atoms with Crippen LogP contribution < -0.4 is 58.2 Å². The minimum atomic E-state index is 0. The molecule has 0 spiro atoms. The van der Waals surface area contributed by atoms with Gasteiger partial charge in [-0.1, -0.05) is 20.8 Å². The Kier molecular flexibility index (Phi) is 24.2. The van der Waals surface area contributed by atoms with E-state index in [9.17, 15) is 0 Å². The van der Waals surface area contributed by atoms with Gasteiger partial charge in [0.15, 0.2) is 0 Å². The molecule has 1 nitrogen and oxygen atoms in total. The third-order valence-electron chi connectivity index (χ3n) is 1.01. The quantitative estimate of drug-likeness (QED) is 0.561. The molecule has 1 radical (unpaired) electrons. The molecule has 0 aromatic carbocycles. The second-order valence-electron chi connectivity index (χ2n) is 1.55. The number of aromatic nitrogens is 1. The van der Waals surface area contributed by atoms with E-state index in [0.29, 0.717) is 0 Å². The molecular formula is C9H13NRbRe-. The zero-order valence-electron chi connectivity index (χ0n) is 8.19. The zero-order chi connectivity index (χ0) is 7.82. The molecule has 0 saturated carbocycles. The van der Waals surface area contributed by atoms with Gasteiger partial charge in [-0.25, -0.2) is 0 Å². The van der Waals surface area contributed by atoms with Gasteiger partial charge in [-0.3, -0.25) is 0 Å². The second-order valence-corrected chi connectivity index (χ2v) is 1.55. The largest absolute Gasteiger partial charge is 1.00 e. The molecule has 12 heavy (non-hydrogen) atoms. The minimum Gasteiger partial charge on any atom is -0.434 e. The van der Waals surface area contributed by atoms with Gasteiger partial charge in [0.2, 0.25) is 0 Å². The fraction of sp³-hybridized carbons (Fsp3) is 0.444. The van der Waals surface area contributed by atoms with Crippen LogP contribution in [0.4, 0.5) is 0 Å². The van der Waals surface area contributed by atoms with Gasteiger partial charge < -0.3 is 22.7 Å². The molecule has 1 rings (SSSR count). The Hall–Kier alpha value is 1.62. The van der Waals surface area contributed by atoms with Gasteiger partial charge in [0.05, 0.1) is 0 Å². The van der Waals surface area contributed by atoms with Gasteiger partial charge in [-0.2, -0.15) is 12.4 Å². The first-order chi connectivity index (χ1) is 4.93. The number of pyridine rings is 1. The molecule has 0 aliphatic carbocycles. The Balaban J connectivity index is -0.000000189. The van der Waals surface area contributed by atoms with Crippen LogP contribution in [0, 0.1) is 12.3 Å². The maximum Gasteiger partial charge on any atom is 1.00 e. The fourth-order valence-corrected chi connectivity index (χ4v) is 0.513. The molecule has 63 valence electrons. The summed E-state index contributed by atoms with van der Waals surface area (Å²) in [5.74, 6) is 0. The minimum absolute atomic E-state index is 0. The van der Waals surface area contributed by atoms with E-state index >= 15 is 0 Å². The average molecular weight is 407 g/mol. The van der Waals surface area contributed by atoms with Crippen LogP contribution in [0.1, 0.15) is 26.3 Å². The van der Waals surface area contributed by atoms with Crippen LogP contribution in [-0.4, -0.2) is 4.98 Å². The van der Waals surface area contributed by atoms with Crippen LogP contribution in [0.3, 0.4) is 0 Å². The van der Waals surface area contributed by atoms with E-state index in [4.69, 9.17) is 0 Å². The molecule has 0 fully saturated rings. The summed E-state index contributed by atoms with van der Waals surface area (Å²) in [6.07, 6.45) is 5.38. The molecule has 0 atom stereocenters. The molecule has 3 heteroatoms. The summed E-state index contributed by atoms with van der Waals surface area (Å²) in [7, 11) is 0. The van der Waals surface area contributed by atoms with E-state index in [1.54, 1.807) is 6.20 Å². The summed E-state index contributed by atoms with van der Waals surface area (Å²) in [5, 5.41) is 0. The summed E-state index contributed by atoms with van der Waals surface area (Å²) in [5.41, 5.74) is 1.17. The maximum absolute atomic E-state index is 3.71. The molecule has 0 saturated heterocycles. The number of rotatable bonds is 1. The van der Waals surface area contributed by atoms with Crippen LogP contribution >= 0.6 is 0 Å². The first-order valence-corrected chi connectivity index (χ1v) is 3.66. The molecule has 0 N–H and O–H groups in total. The zero-order valence-corrected chi connectivity index (χ0v) is 15.8. The first-order valence-electron chi connectivity index (χ1n) is 3.66. The summed E-state index contributed by atoms with van der Waals surface area (Å²) in [4.78, 5) is 3.71. The third kappa shape index (κ3) is 9.70. The van der Waals surface area contributed by atoms with Crippen molar-refractivity contribution < 1.29 is 78.6 Å².